The van der Waals surface area contributed by atoms with Gasteiger partial charge < -0.3 is 11.1 Å². The van der Waals surface area contributed by atoms with Crippen molar-refractivity contribution >= 4 is 5.69 Å². The first-order chi connectivity index (χ1) is 8.17. The fraction of sp³-hybridized carbons (Fsp3) is 0.467. The van der Waals surface area contributed by atoms with E-state index in [0.29, 0.717) is 0 Å². The molecule has 0 unspecified atom stereocenters. The standard InChI is InChI=1S/C15H22N2/c1-4-12-10(3)9-11-7-6-8-13(11)15(12)17-14(16)5-2/h5,9,17H,4,6-8,16H2,1-3H3/b14-5+. The number of hydrogen-bond donors (Lipinski definition) is 2. The number of nitrogens with one attached hydrogen (secondary N) is 1. The van der Waals surface area contributed by atoms with Crippen molar-refractivity contribution in [1.29, 1.82) is 0 Å². The first-order valence-electron chi connectivity index (χ1n) is 6.50. The number of allylic oxidation sites excluding steroid dienone is 1. The molecule has 2 nitrogen and oxygen atoms in total. The second-order valence-electron chi connectivity index (χ2n) is 4.76. The van der Waals surface area contributed by atoms with Crippen molar-refractivity contribution < 1.29 is 0 Å². The SMILES string of the molecule is C/C=C(\N)Nc1c(CC)c(C)cc2c1CCC2. The van der Waals surface area contributed by atoms with Crippen LogP contribution in [-0.2, 0) is 19.3 Å². The zero-order valence-corrected chi connectivity index (χ0v) is 11.1. The minimum atomic E-state index is 0.749. The molecule has 0 atom stereocenters. The number of anilines is 1. The summed E-state index contributed by atoms with van der Waals surface area (Å²) in [7, 11) is 0. The molecule has 0 aliphatic heterocycles. The van der Waals surface area contributed by atoms with Gasteiger partial charge in [-0.1, -0.05) is 13.0 Å². The third kappa shape index (κ3) is 2.17. The average Bonchev–Trinajstić information content (AvgIpc) is 2.76. The summed E-state index contributed by atoms with van der Waals surface area (Å²) in [6.07, 6.45) is 6.64. The quantitative estimate of drug-likeness (QED) is 0.836. The summed E-state index contributed by atoms with van der Waals surface area (Å²) in [6, 6.07) is 2.36. The van der Waals surface area contributed by atoms with Crippen LogP contribution in [0.25, 0.3) is 0 Å². The molecular formula is C15H22N2. The van der Waals surface area contributed by atoms with E-state index in [2.05, 4.69) is 25.2 Å². The molecule has 92 valence electrons. The van der Waals surface area contributed by atoms with Gasteiger partial charge in [0.15, 0.2) is 0 Å². The van der Waals surface area contributed by atoms with Crippen LogP contribution >= 0.6 is 0 Å². The van der Waals surface area contributed by atoms with Gasteiger partial charge in [0.1, 0.15) is 0 Å². The molecular weight excluding hydrogens is 208 g/mol. The smallest absolute Gasteiger partial charge is 0.0960 e. The van der Waals surface area contributed by atoms with Gasteiger partial charge in [0, 0.05) is 5.69 Å². The minimum absolute atomic E-state index is 0.749. The molecule has 1 aliphatic carbocycles. The lowest BCUT2D eigenvalue weighted by atomic mass is 9.96. The number of benzene rings is 1. The average molecular weight is 230 g/mol. The van der Waals surface area contributed by atoms with Crippen LogP contribution in [0.2, 0.25) is 0 Å². The highest BCUT2D eigenvalue weighted by molar-refractivity contribution is 5.66. The molecule has 0 heterocycles. The molecule has 0 saturated heterocycles. The molecule has 0 spiro atoms. The highest BCUT2D eigenvalue weighted by atomic mass is 15.0. The Morgan fingerprint density at radius 1 is 1.47 bits per heavy atom. The monoisotopic (exact) mass is 230 g/mol. The summed E-state index contributed by atoms with van der Waals surface area (Å²) in [5, 5.41) is 3.39. The molecule has 2 heteroatoms. The maximum absolute atomic E-state index is 5.92. The van der Waals surface area contributed by atoms with Crippen molar-refractivity contribution in [2.24, 2.45) is 5.73 Å². The molecule has 17 heavy (non-hydrogen) atoms. The molecule has 0 amide bonds. The molecule has 0 radical (unpaired) electrons. The van der Waals surface area contributed by atoms with Gasteiger partial charge in [0.25, 0.3) is 0 Å². The van der Waals surface area contributed by atoms with Gasteiger partial charge in [-0.25, -0.2) is 0 Å². The largest absolute Gasteiger partial charge is 0.386 e. The maximum atomic E-state index is 5.92. The number of aryl methyl sites for hydroxylation is 2. The Bertz CT molecular complexity index is 455. The van der Waals surface area contributed by atoms with E-state index in [9.17, 15) is 0 Å². The molecule has 1 aromatic carbocycles. The van der Waals surface area contributed by atoms with E-state index >= 15 is 0 Å². The first-order valence-corrected chi connectivity index (χ1v) is 6.50. The topological polar surface area (TPSA) is 38.0 Å². The zero-order chi connectivity index (χ0) is 12.4. The summed E-state index contributed by atoms with van der Waals surface area (Å²) in [5.74, 6) is 0.749. The van der Waals surface area contributed by atoms with Gasteiger partial charge >= 0.3 is 0 Å². The van der Waals surface area contributed by atoms with Crippen LogP contribution in [0.4, 0.5) is 5.69 Å². The molecule has 0 bridgehead atoms. The Morgan fingerprint density at radius 3 is 2.88 bits per heavy atom. The Balaban J connectivity index is 2.53. The summed E-state index contributed by atoms with van der Waals surface area (Å²) < 4.78 is 0. The van der Waals surface area contributed by atoms with E-state index in [1.165, 1.54) is 47.2 Å². The molecule has 0 fully saturated rings. The molecule has 1 aliphatic rings. The van der Waals surface area contributed by atoms with E-state index < -0.39 is 0 Å². The van der Waals surface area contributed by atoms with E-state index in [1.54, 1.807) is 0 Å². The molecule has 1 aromatic rings. The van der Waals surface area contributed by atoms with E-state index in [1.807, 2.05) is 13.0 Å². The van der Waals surface area contributed by atoms with E-state index in [-0.39, 0.29) is 0 Å². The van der Waals surface area contributed by atoms with Crippen LogP contribution < -0.4 is 11.1 Å². The van der Waals surface area contributed by atoms with Crippen molar-refractivity contribution in [3.8, 4) is 0 Å². The second-order valence-corrected chi connectivity index (χ2v) is 4.76. The van der Waals surface area contributed by atoms with Crippen LogP contribution in [0.15, 0.2) is 18.0 Å². The normalized spacial score (nSPS) is 14.9. The van der Waals surface area contributed by atoms with Crippen LogP contribution in [0, 0.1) is 6.92 Å². The van der Waals surface area contributed by atoms with E-state index in [0.717, 1.165) is 12.2 Å². The molecule has 2 rings (SSSR count). The van der Waals surface area contributed by atoms with Crippen LogP contribution in [0.1, 0.15) is 42.5 Å². The van der Waals surface area contributed by atoms with Crippen LogP contribution in [0.5, 0.6) is 0 Å². The lowest BCUT2D eigenvalue weighted by Gasteiger charge is -2.18. The highest BCUT2D eigenvalue weighted by Crippen LogP contribution is 2.35. The summed E-state index contributed by atoms with van der Waals surface area (Å²) in [4.78, 5) is 0. The third-order valence-corrected chi connectivity index (χ3v) is 3.66. The van der Waals surface area contributed by atoms with Crippen molar-refractivity contribution in [2.75, 3.05) is 5.32 Å². The van der Waals surface area contributed by atoms with Crippen LogP contribution in [0.3, 0.4) is 0 Å². The van der Waals surface area contributed by atoms with Gasteiger partial charge in [-0.05, 0) is 67.9 Å². The van der Waals surface area contributed by atoms with Crippen molar-refractivity contribution in [2.45, 2.75) is 46.5 Å². The number of nitrogens with two attached hydrogens (primary N) is 1. The summed E-state index contributed by atoms with van der Waals surface area (Å²) >= 11 is 0. The molecule has 3 N–H and O–H groups in total. The zero-order valence-electron chi connectivity index (χ0n) is 11.1. The predicted octanol–water partition coefficient (Wildman–Crippen LogP) is 3.28. The summed E-state index contributed by atoms with van der Waals surface area (Å²) in [5.41, 5.74) is 13.0. The Morgan fingerprint density at radius 2 is 2.24 bits per heavy atom. The van der Waals surface area contributed by atoms with Crippen molar-refractivity contribution in [1.82, 2.24) is 0 Å². The fourth-order valence-corrected chi connectivity index (χ4v) is 2.76. The second kappa shape index (κ2) is 4.82. The van der Waals surface area contributed by atoms with Crippen LogP contribution in [-0.4, -0.2) is 0 Å². The Labute approximate surface area is 104 Å². The van der Waals surface area contributed by atoms with Gasteiger partial charge in [-0.2, -0.15) is 0 Å². The highest BCUT2D eigenvalue weighted by Gasteiger charge is 2.19. The maximum Gasteiger partial charge on any atom is 0.0960 e. The lowest BCUT2D eigenvalue weighted by molar-refractivity contribution is 0.911. The summed E-state index contributed by atoms with van der Waals surface area (Å²) in [6.45, 7) is 6.37. The van der Waals surface area contributed by atoms with E-state index in [4.69, 9.17) is 5.73 Å². The fourth-order valence-electron chi connectivity index (χ4n) is 2.76. The first kappa shape index (κ1) is 12.0. The minimum Gasteiger partial charge on any atom is -0.386 e. The van der Waals surface area contributed by atoms with Gasteiger partial charge in [0.2, 0.25) is 0 Å². The van der Waals surface area contributed by atoms with Gasteiger partial charge in [-0.3, -0.25) is 0 Å². The predicted molar refractivity (Wildman–Crippen MR) is 74.1 cm³/mol. The Hall–Kier alpha value is -1.44. The number of fused-ring (bicyclic) bond motifs is 1. The Kier molecular flexibility index (Phi) is 3.41. The lowest BCUT2D eigenvalue weighted by Crippen LogP contribution is -2.12. The van der Waals surface area contributed by atoms with Gasteiger partial charge in [-0.15, -0.1) is 0 Å². The number of hydrogen-bond acceptors (Lipinski definition) is 2. The van der Waals surface area contributed by atoms with Crippen molar-refractivity contribution in [3.63, 3.8) is 0 Å². The number of rotatable bonds is 3. The van der Waals surface area contributed by atoms with Crippen molar-refractivity contribution in [3.05, 3.63) is 40.2 Å². The third-order valence-electron chi connectivity index (χ3n) is 3.66. The van der Waals surface area contributed by atoms with Gasteiger partial charge in [0.05, 0.1) is 5.82 Å². The molecule has 0 aromatic heterocycles. The molecule has 0 saturated carbocycles.